The fraction of sp³-hybridized carbons (Fsp3) is 0.450. The van der Waals surface area contributed by atoms with Crippen LogP contribution in [0.1, 0.15) is 44.5 Å². The van der Waals surface area contributed by atoms with Crippen LogP contribution in [-0.2, 0) is 11.3 Å². The van der Waals surface area contributed by atoms with Crippen molar-refractivity contribution in [2.24, 2.45) is 0 Å². The number of carbonyl (C=O) groups is 1. The van der Waals surface area contributed by atoms with E-state index in [2.05, 4.69) is 22.1 Å². The van der Waals surface area contributed by atoms with Gasteiger partial charge in [0.2, 0.25) is 5.91 Å². The van der Waals surface area contributed by atoms with E-state index in [-0.39, 0.29) is 12.0 Å². The van der Waals surface area contributed by atoms with Crippen molar-refractivity contribution in [3.05, 3.63) is 48.8 Å². The Bertz CT molecular complexity index is 757. The Morgan fingerprint density at radius 3 is 2.81 bits per heavy atom. The maximum Gasteiger partial charge on any atom is 0.230 e. The number of allylic oxidation sites excluding steroid dienone is 1. The summed E-state index contributed by atoms with van der Waals surface area (Å²) < 4.78 is 7.92. The smallest absolute Gasteiger partial charge is 0.230 e. The molecule has 0 spiro atoms. The molecule has 0 bridgehead atoms. The first-order chi connectivity index (χ1) is 13.2. The fourth-order valence-electron chi connectivity index (χ4n) is 3.23. The predicted octanol–water partition coefficient (Wildman–Crippen LogP) is 3.76. The van der Waals surface area contributed by atoms with Crippen molar-refractivity contribution >= 4 is 17.7 Å². The largest absolute Gasteiger partial charge is 0.483 e. The van der Waals surface area contributed by atoms with E-state index < -0.39 is 0 Å². The maximum absolute atomic E-state index is 12.2. The third-order valence-corrected chi connectivity index (χ3v) is 5.50. The number of amides is 1. The molecule has 1 aliphatic rings. The second-order valence-corrected chi connectivity index (χ2v) is 7.59. The van der Waals surface area contributed by atoms with Gasteiger partial charge in [0.25, 0.3) is 0 Å². The van der Waals surface area contributed by atoms with E-state index in [0.29, 0.717) is 23.5 Å². The topological polar surface area (TPSA) is 69.0 Å². The van der Waals surface area contributed by atoms with Crippen LogP contribution >= 0.6 is 11.8 Å². The molecule has 1 aliphatic carbocycles. The summed E-state index contributed by atoms with van der Waals surface area (Å²) in [7, 11) is 0. The normalized spacial score (nSPS) is 15.4. The number of nitrogens with one attached hydrogen (secondary N) is 1. The Morgan fingerprint density at radius 2 is 2.11 bits per heavy atom. The van der Waals surface area contributed by atoms with Crippen LogP contribution in [0.3, 0.4) is 0 Å². The lowest BCUT2D eigenvalue weighted by Crippen LogP contribution is -2.33. The van der Waals surface area contributed by atoms with Crippen LogP contribution in [0, 0.1) is 0 Å². The average Bonchev–Trinajstić information content (AvgIpc) is 3.31. The molecule has 27 heavy (non-hydrogen) atoms. The molecule has 1 N–H and O–H groups in total. The molecule has 1 atom stereocenters. The van der Waals surface area contributed by atoms with Crippen LogP contribution in [0.25, 0.3) is 0 Å². The molecular formula is C20H26N4O2S. The number of hydrogen-bond donors (Lipinski definition) is 1. The van der Waals surface area contributed by atoms with Crippen molar-refractivity contribution in [2.45, 2.75) is 56.5 Å². The number of hydrogen-bond acceptors (Lipinski definition) is 5. The Hall–Kier alpha value is -2.28. The maximum atomic E-state index is 12.2. The zero-order chi connectivity index (χ0) is 19.1. The van der Waals surface area contributed by atoms with E-state index in [4.69, 9.17) is 4.74 Å². The predicted molar refractivity (Wildman–Crippen MR) is 107 cm³/mol. The molecular weight excluding hydrogens is 360 g/mol. The van der Waals surface area contributed by atoms with E-state index in [9.17, 15) is 4.79 Å². The van der Waals surface area contributed by atoms with Gasteiger partial charge in [0.1, 0.15) is 5.75 Å². The van der Waals surface area contributed by atoms with E-state index in [1.807, 2.05) is 41.8 Å². The van der Waals surface area contributed by atoms with E-state index in [1.165, 1.54) is 24.6 Å². The molecule has 0 radical (unpaired) electrons. The molecule has 144 valence electrons. The Morgan fingerprint density at radius 1 is 1.37 bits per heavy atom. The van der Waals surface area contributed by atoms with Gasteiger partial charge in [-0.25, -0.2) is 0 Å². The molecule has 1 heterocycles. The van der Waals surface area contributed by atoms with Gasteiger partial charge in [0.05, 0.1) is 5.75 Å². The summed E-state index contributed by atoms with van der Waals surface area (Å²) in [6.45, 7) is 6.33. The zero-order valence-electron chi connectivity index (χ0n) is 15.6. The van der Waals surface area contributed by atoms with E-state index in [1.54, 1.807) is 6.08 Å². The molecule has 6 nitrogen and oxygen atoms in total. The molecule has 1 aromatic carbocycles. The Balaban J connectivity index is 1.63. The minimum atomic E-state index is -0.262. The summed E-state index contributed by atoms with van der Waals surface area (Å²) in [6.07, 6.45) is 6.11. The van der Waals surface area contributed by atoms with Gasteiger partial charge >= 0.3 is 0 Å². The second kappa shape index (κ2) is 9.60. The van der Waals surface area contributed by atoms with Gasteiger partial charge in [-0.05, 0) is 31.9 Å². The monoisotopic (exact) mass is 386 g/mol. The lowest BCUT2D eigenvalue weighted by molar-refractivity contribution is -0.119. The number of ether oxygens (including phenoxy) is 1. The zero-order valence-corrected chi connectivity index (χ0v) is 16.5. The number of benzene rings is 1. The van der Waals surface area contributed by atoms with Crippen LogP contribution < -0.4 is 10.1 Å². The first-order valence-electron chi connectivity index (χ1n) is 9.35. The summed E-state index contributed by atoms with van der Waals surface area (Å²) in [5.41, 5.74) is 0. The van der Waals surface area contributed by atoms with Crippen molar-refractivity contribution < 1.29 is 9.53 Å². The van der Waals surface area contributed by atoms with E-state index >= 15 is 0 Å². The number of para-hydroxylation sites is 1. The van der Waals surface area contributed by atoms with Gasteiger partial charge in [-0.1, -0.05) is 48.9 Å². The van der Waals surface area contributed by atoms with Gasteiger partial charge in [-0.15, -0.1) is 16.8 Å². The van der Waals surface area contributed by atoms with Crippen molar-refractivity contribution in [3.8, 4) is 5.75 Å². The summed E-state index contributed by atoms with van der Waals surface area (Å²) >= 11 is 1.40. The summed E-state index contributed by atoms with van der Waals surface area (Å²) in [5.74, 6) is 1.88. The van der Waals surface area contributed by atoms with Crippen LogP contribution in [-0.4, -0.2) is 32.5 Å². The first kappa shape index (κ1) is 19.5. The average molecular weight is 387 g/mol. The van der Waals surface area contributed by atoms with Crippen molar-refractivity contribution in [1.82, 2.24) is 20.1 Å². The molecule has 7 heteroatoms. The van der Waals surface area contributed by atoms with Gasteiger partial charge < -0.3 is 10.1 Å². The summed E-state index contributed by atoms with van der Waals surface area (Å²) in [4.78, 5) is 12.2. The Kier molecular flexibility index (Phi) is 6.92. The SMILES string of the molecule is C=CCn1c(SCC(=O)NC2CCCC2)nnc1C(C)Oc1ccccc1. The lowest BCUT2D eigenvalue weighted by atomic mass is 10.2. The molecule has 1 aromatic heterocycles. The minimum absolute atomic E-state index is 0.0511. The molecule has 1 unspecified atom stereocenters. The van der Waals surface area contributed by atoms with Crippen LogP contribution in [0.4, 0.5) is 0 Å². The van der Waals surface area contributed by atoms with E-state index in [0.717, 1.165) is 24.4 Å². The number of aromatic nitrogens is 3. The summed E-state index contributed by atoms with van der Waals surface area (Å²) in [5, 5.41) is 12.4. The van der Waals surface area contributed by atoms with Crippen LogP contribution in [0.15, 0.2) is 48.1 Å². The molecule has 1 saturated carbocycles. The van der Waals surface area contributed by atoms with Gasteiger partial charge in [-0.3, -0.25) is 9.36 Å². The Labute approximate surface area is 164 Å². The van der Waals surface area contributed by atoms with Crippen molar-refractivity contribution in [1.29, 1.82) is 0 Å². The third-order valence-electron chi connectivity index (χ3n) is 4.53. The minimum Gasteiger partial charge on any atom is -0.483 e. The van der Waals surface area contributed by atoms with Crippen LogP contribution in [0.2, 0.25) is 0 Å². The molecule has 0 saturated heterocycles. The summed E-state index contributed by atoms with van der Waals surface area (Å²) in [6, 6.07) is 9.96. The number of rotatable bonds is 9. The number of carbonyl (C=O) groups excluding carboxylic acids is 1. The first-order valence-corrected chi connectivity index (χ1v) is 10.3. The van der Waals surface area contributed by atoms with Gasteiger partial charge in [0.15, 0.2) is 17.1 Å². The third kappa shape index (κ3) is 5.35. The number of thioether (sulfide) groups is 1. The molecule has 1 fully saturated rings. The molecule has 0 aliphatic heterocycles. The molecule has 2 aromatic rings. The lowest BCUT2D eigenvalue weighted by Gasteiger charge is -2.16. The quantitative estimate of drug-likeness (QED) is 0.525. The highest BCUT2D eigenvalue weighted by atomic mass is 32.2. The van der Waals surface area contributed by atoms with Crippen molar-refractivity contribution in [3.63, 3.8) is 0 Å². The van der Waals surface area contributed by atoms with Gasteiger partial charge in [0, 0.05) is 12.6 Å². The fourth-order valence-corrected chi connectivity index (χ4v) is 4.00. The highest BCUT2D eigenvalue weighted by Crippen LogP contribution is 2.25. The van der Waals surface area contributed by atoms with Crippen molar-refractivity contribution in [2.75, 3.05) is 5.75 Å². The molecule has 1 amide bonds. The van der Waals surface area contributed by atoms with Crippen LogP contribution in [0.5, 0.6) is 5.75 Å². The highest BCUT2D eigenvalue weighted by molar-refractivity contribution is 7.99. The second-order valence-electron chi connectivity index (χ2n) is 6.65. The van der Waals surface area contributed by atoms with Gasteiger partial charge in [-0.2, -0.15) is 0 Å². The number of nitrogens with zero attached hydrogens (tertiary/aromatic N) is 3. The standard InChI is InChI=1S/C20H26N4O2S/c1-3-13-24-19(15(2)26-17-11-5-4-6-12-17)22-23-20(24)27-14-18(25)21-16-9-7-8-10-16/h3-6,11-12,15-16H,1,7-10,13-14H2,2H3,(H,21,25). The molecule has 3 rings (SSSR count). The highest BCUT2D eigenvalue weighted by Gasteiger charge is 2.21.